The molecule has 0 bridgehead atoms. The summed E-state index contributed by atoms with van der Waals surface area (Å²) in [5.41, 5.74) is 2.31. The first-order valence-corrected chi connectivity index (χ1v) is 10.3. The smallest absolute Gasteiger partial charge is 0.229 e. The Kier molecular flexibility index (Phi) is 6.73. The molecular weight excluding hydrogens is 428 g/mol. The molecule has 11 nitrogen and oxygen atoms in total. The molecule has 11 heteroatoms. The van der Waals surface area contributed by atoms with Crippen LogP contribution in [0.4, 0.5) is 0 Å². The van der Waals surface area contributed by atoms with Crippen molar-refractivity contribution in [3.05, 3.63) is 29.5 Å². The topological polar surface area (TPSA) is 171 Å². The van der Waals surface area contributed by atoms with Crippen LogP contribution in [-0.4, -0.2) is 99.2 Å². The first-order chi connectivity index (χ1) is 15.2. The minimum absolute atomic E-state index is 0.251. The van der Waals surface area contributed by atoms with Gasteiger partial charge in [-0.2, -0.15) is 0 Å². The Labute approximate surface area is 183 Å². The lowest BCUT2D eigenvalue weighted by atomic mass is 9.99. The van der Waals surface area contributed by atoms with Crippen LogP contribution in [0.3, 0.4) is 0 Å². The van der Waals surface area contributed by atoms with Crippen LogP contribution in [0.5, 0.6) is 5.75 Å². The summed E-state index contributed by atoms with van der Waals surface area (Å²) in [4.78, 5) is 0. The molecule has 1 aromatic carbocycles. The third kappa shape index (κ3) is 4.23. The molecule has 32 heavy (non-hydrogen) atoms. The summed E-state index contributed by atoms with van der Waals surface area (Å²) < 4.78 is 27.6. The first-order valence-electron chi connectivity index (χ1n) is 10.3. The maximum atomic E-state index is 10.4. The number of hydrogen-bond donors (Lipinski definition) is 6. The summed E-state index contributed by atoms with van der Waals surface area (Å²) in [5.74, 6) is 0.409. The van der Waals surface area contributed by atoms with E-state index in [4.69, 9.17) is 23.4 Å². The van der Waals surface area contributed by atoms with Crippen LogP contribution >= 0.6 is 0 Å². The Morgan fingerprint density at radius 2 is 1.62 bits per heavy atom. The van der Waals surface area contributed by atoms with E-state index in [1.807, 2.05) is 13.8 Å². The molecule has 4 rings (SSSR count). The first kappa shape index (κ1) is 23.4. The Morgan fingerprint density at radius 1 is 0.906 bits per heavy atom. The van der Waals surface area contributed by atoms with Gasteiger partial charge in [0.25, 0.3) is 0 Å². The summed E-state index contributed by atoms with van der Waals surface area (Å²) >= 11 is 0. The van der Waals surface area contributed by atoms with Crippen LogP contribution in [-0.2, 0) is 14.2 Å². The van der Waals surface area contributed by atoms with Gasteiger partial charge in [-0.1, -0.05) is 0 Å². The monoisotopic (exact) mass is 456 g/mol. The van der Waals surface area contributed by atoms with Gasteiger partial charge in [-0.3, -0.25) is 0 Å². The van der Waals surface area contributed by atoms with Crippen LogP contribution in [0, 0.1) is 13.8 Å². The van der Waals surface area contributed by atoms with Crippen LogP contribution < -0.4 is 4.74 Å². The normalized spacial score (nSPS) is 38.2. The summed E-state index contributed by atoms with van der Waals surface area (Å²) in [5, 5.41) is 61.1. The van der Waals surface area contributed by atoms with Gasteiger partial charge < -0.3 is 54.0 Å². The quantitative estimate of drug-likeness (QED) is 0.316. The van der Waals surface area contributed by atoms with Gasteiger partial charge in [-0.25, -0.2) is 0 Å². The van der Waals surface area contributed by atoms with Gasteiger partial charge in [0.15, 0.2) is 6.29 Å². The van der Waals surface area contributed by atoms with E-state index in [2.05, 4.69) is 0 Å². The van der Waals surface area contributed by atoms with Crippen molar-refractivity contribution in [2.24, 2.45) is 0 Å². The predicted octanol–water partition coefficient (Wildman–Crippen LogP) is -1.31. The molecule has 6 N–H and O–H groups in total. The molecule has 0 amide bonds. The zero-order chi connectivity index (χ0) is 23.2. The van der Waals surface area contributed by atoms with Crippen LogP contribution in [0.15, 0.2) is 22.8 Å². The maximum absolute atomic E-state index is 10.4. The Bertz CT molecular complexity index is 930. The summed E-state index contributed by atoms with van der Waals surface area (Å²) in [7, 11) is 0. The van der Waals surface area contributed by atoms with E-state index in [0.29, 0.717) is 11.3 Å². The van der Waals surface area contributed by atoms with E-state index in [1.54, 1.807) is 18.4 Å². The molecule has 1 aromatic heterocycles. The van der Waals surface area contributed by atoms with Crippen molar-refractivity contribution in [1.29, 1.82) is 0 Å². The van der Waals surface area contributed by atoms with E-state index < -0.39 is 55.3 Å². The summed E-state index contributed by atoms with van der Waals surface area (Å²) in [6.45, 7) is 3.07. The molecule has 0 spiro atoms. The molecule has 178 valence electrons. The Hall–Kier alpha value is -1.80. The minimum Gasteiger partial charge on any atom is -0.464 e. The lowest BCUT2D eigenvalue weighted by molar-refractivity contribution is -0.307. The highest BCUT2D eigenvalue weighted by Crippen LogP contribution is 2.33. The molecule has 2 aliphatic rings. The molecule has 2 aromatic rings. The van der Waals surface area contributed by atoms with Crippen molar-refractivity contribution in [2.45, 2.75) is 69.2 Å². The molecule has 3 heterocycles. The molecule has 2 saturated heterocycles. The van der Waals surface area contributed by atoms with Gasteiger partial charge in [0, 0.05) is 5.39 Å². The van der Waals surface area contributed by atoms with Gasteiger partial charge in [0.05, 0.1) is 19.5 Å². The van der Waals surface area contributed by atoms with E-state index in [1.165, 1.54) is 0 Å². The SMILES string of the molecule is Cc1c(O[C@H]2O[C@@H](CO[C@H]3OC[C@H](O)[C@@H](O)[C@@H]3O)[C@H](O)[C@@H](O)[C@@H]2O)cc2ccoc2c1C. The average Bonchev–Trinajstić information content (AvgIpc) is 3.25. The number of fused-ring (bicyclic) bond motifs is 1. The second-order valence-electron chi connectivity index (χ2n) is 8.18. The van der Waals surface area contributed by atoms with Crippen molar-refractivity contribution in [1.82, 2.24) is 0 Å². The van der Waals surface area contributed by atoms with E-state index >= 15 is 0 Å². The third-order valence-electron chi connectivity index (χ3n) is 6.05. The number of aliphatic hydroxyl groups excluding tert-OH is 6. The fourth-order valence-corrected chi connectivity index (χ4v) is 3.86. The largest absolute Gasteiger partial charge is 0.464 e. The zero-order valence-corrected chi connectivity index (χ0v) is 17.6. The minimum atomic E-state index is -1.59. The molecule has 2 fully saturated rings. The molecular formula is C21H28O11. The third-order valence-corrected chi connectivity index (χ3v) is 6.05. The number of aryl methyl sites for hydroxylation is 1. The maximum Gasteiger partial charge on any atom is 0.229 e. The number of benzene rings is 1. The summed E-state index contributed by atoms with van der Waals surface area (Å²) in [6.07, 6.45) is -11.1. The number of furan rings is 1. The number of rotatable bonds is 5. The van der Waals surface area contributed by atoms with E-state index in [9.17, 15) is 30.6 Å². The number of ether oxygens (including phenoxy) is 4. The van der Waals surface area contributed by atoms with Crippen molar-refractivity contribution in [3.63, 3.8) is 0 Å². The molecule has 0 aliphatic carbocycles. The van der Waals surface area contributed by atoms with E-state index in [-0.39, 0.29) is 13.2 Å². The van der Waals surface area contributed by atoms with Gasteiger partial charge in [-0.05, 0) is 37.1 Å². The van der Waals surface area contributed by atoms with Gasteiger partial charge in [0.1, 0.15) is 54.1 Å². The van der Waals surface area contributed by atoms with Crippen LogP contribution in [0.25, 0.3) is 11.0 Å². The van der Waals surface area contributed by atoms with Gasteiger partial charge in [0.2, 0.25) is 6.29 Å². The molecule has 0 radical (unpaired) electrons. The Balaban J connectivity index is 1.46. The molecule has 2 aliphatic heterocycles. The molecule has 0 saturated carbocycles. The fraction of sp³-hybridized carbons (Fsp3) is 0.619. The van der Waals surface area contributed by atoms with E-state index in [0.717, 1.165) is 16.5 Å². The highest BCUT2D eigenvalue weighted by molar-refractivity contribution is 5.83. The standard InChI is InChI=1S/C21H28O11/c1-8-9(2)19-10(3-4-28-19)5-12(8)31-21-18(27)16(25)15(24)13(32-21)7-30-20-17(26)14(23)11(22)6-29-20/h3-5,11,13-18,20-27H,6-7H2,1-2H3/t11-,13-,14+,15-,16+,17-,18-,20+,21-/m0/s1. The number of aliphatic hydroxyl groups is 6. The van der Waals surface area contributed by atoms with Crippen molar-refractivity contribution < 1.29 is 54.0 Å². The van der Waals surface area contributed by atoms with Crippen molar-refractivity contribution in [3.8, 4) is 5.75 Å². The van der Waals surface area contributed by atoms with Crippen molar-refractivity contribution in [2.75, 3.05) is 13.2 Å². The predicted molar refractivity (Wildman–Crippen MR) is 107 cm³/mol. The van der Waals surface area contributed by atoms with Gasteiger partial charge >= 0.3 is 0 Å². The molecule has 0 unspecified atom stereocenters. The second kappa shape index (κ2) is 9.21. The zero-order valence-electron chi connectivity index (χ0n) is 17.6. The van der Waals surface area contributed by atoms with Gasteiger partial charge in [-0.15, -0.1) is 0 Å². The Morgan fingerprint density at radius 3 is 2.38 bits per heavy atom. The lowest BCUT2D eigenvalue weighted by Gasteiger charge is -2.41. The van der Waals surface area contributed by atoms with Crippen molar-refractivity contribution >= 4 is 11.0 Å². The second-order valence-corrected chi connectivity index (χ2v) is 8.18. The summed E-state index contributed by atoms with van der Waals surface area (Å²) in [6, 6.07) is 3.49. The average molecular weight is 456 g/mol. The highest BCUT2D eigenvalue weighted by Gasteiger charge is 2.46. The fourth-order valence-electron chi connectivity index (χ4n) is 3.86. The highest BCUT2D eigenvalue weighted by atomic mass is 16.7. The molecule has 9 atom stereocenters. The lowest BCUT2D eigenvalue weighted by Crippen LogP contribution is -2.61. The van der Waals surface area contributed by atoms with Crippen LogP contribution in [0.2, 0.25) is 0 Å². The van der Waals surface area contributed by atoms with Crippen LogP contribution in [0.1, 0.15) is 11.1 Å². The number of hydrogen-bond acceptors (Lipinski definition) is 11.